The van der Waals surface area contributed by atoms with Gasteiger partial charge in [0, 0.05) is 5.56 Å². The van der Waals surface area contributed by atoms with Crippen LogP contribution >= 0.6 is 0 Å². The first kappa shape index (κ1) is 13.8. The van der Waals surface area contributed by atoms with Gasteiger partial charge in [-0.3, -0.25) is 0 Å². The number of carbonyl (C=O) groups is 1. The Labute approximate surface area is 106 Å². The fourth-order valence-electron chi connectivity index (χ4n) is 1.35. The molecule has 0 bridgehead atoms. The molecule has 0 amide bonds. The molecule has 0 saturated carbocycles. The average Bonchev–Trinajstić information content (AvgIpc) is 2.42. The Kier molecular flexibility index (Phi) is 5.46. The molecule has 4 heteroatoms. The predicted molar refractivity (Wildman–Crippen MR) is 67.8 cm³/mol. The third-order valence-electron chi connectivity index (χ3n) is 2.22. The Morgan fingerprint density at radius 3 is 2.78 bits per heavy atom. The number of hydrogen-bond donors (Lipinski definition) is 0. The number of benzene rings is 1. The minimum atomic E-state index is -0.606. The Bertz CT molecular complexity index is 486. The smallest absolute Gasteiger partial charge is 0.348 e. The number of nitrogens with zero attached hydrogens (tertiary/aromatic N) is 1. The second-order valence-electron chi connectivity index (χ2n) is 3.55. The van der Waals surface area contributed by atoms with Crippen LogP contribution in [-0.4, -0.2) is 19.7 Å². The molecule has 18 heavy (non-hydrogen) atoms. The number of esters is 1. The summed E-state index contributed by atoms with van der Waals surface area (Å²) in [6.45, 7) is 2.20. The monoisotopic (exact) mass is 245 g/mol. The van der Waals surface area contributed by atoms with Gasteiger partial charge in [-0.25, -0.2) is 4.79 Å². The van der Waals surface area contributed by atoms with Crippen LogP contribution in [-0.2, 0) is 9.53 Å². The topological polar surface area (TPSA) is 59.3 Å². The second-order valence-corrected chi connectivity index (χ2v) is 3.55. The van der Waals surface area contributed by atoms with Gasteiger partial charge >= 0.3 is 5.97 Å². The Morgan fingerprint density at radius 1 is 1.44 bits per heavy atom. The van der Waals surface area contributed by atoms with Crippen molar-refractivity contribution in [3.63, 3.8) is 0 Å². The number of ether oxygens (including phenoxy) is 2. The van der Waals surface area contributed by atoms with Gasteiger partial charge in [-0.15, -0.1) is 0 Å². The lowest BCUT2D eigenvalue weighted by atomic mass is 10.1. The zero-order valence-corrected chi connectivity index (χ0v) is 10.5. The van der Waals surface area contributed by atoms with Crippen molar-refractivity contribution in [1.82, 2.24) is 0 Å². The van der Waals surface area contributed by atoms with E-state index in [2.05, 4.69) is 0 Å². The van der Waals surface area contributed by atoms with Gasteiger partial charge in [-0.1, -0.05) is 25.1 Å². The van der Waals surface area contributed by atoms with Gasteiger partial charge < -0.3 is 9.47 Å². The molecule has 0 spiro atoms. The summed E-state index contributed by atoms with van der Waals surface area (Å²) >= 11 is 0. The van der Waals surface area contributed by atoms with Crippen LogP contribution in [0.1, 0.15) is 18.9 Å². The summed E-state index contributed by atoms with van der Waals surface area (Å²) < 4.78 is 10.1. The van der Waals surface area contributed by atoms with Crippen molar-refractivity contribution in [3.8, 4) is 11.8 Å². The summed E-state index contributed by atoms with van der Waals surface area (Å²) in [4.78, 5) is 11.6. The van der Waals surface area contributed by atoms with Gasteiger partial charge in [0.2, 0.25) is 0 Å². The van der Waals surface area contributed by atoms with Gasteiger partial charge in [0.05, 0.1) is 13.7 Å². The van der Waals surface area contributed by atoms with E-state index >= 15 is 0 Å². The SMILES string of the molecule is CCCOC(=O)/C(C#N)=C/c1ccccc1OC. The highest BCUT2D eigenvalue weighted by molar-refractivity contribution is 5.98. The minimum Gasteiger partial charge on any atom is -0.496 e. The number of nitriles is 1. The first-order valence-corrected chi connectivity index (χ1v) is 5.64. The van der Waals surface area contributed by atoms with Gasteiger partial charge in [0.15, 0.2) is 0 Å². The summed E-state index contributed by atoms with van der Waals surface area (Å²) in [7, 11) is 1.54. The predicted octanol–water partition coefficient (Wildman–Crippen LogP) is 2.56. The van der Waals surface area contributed by atoms with Crippen LogP contribution in [0.4, 0.5) is 0 Å². The molecule has 0 radical (unpaired) electrons. The summed E-state index contributed by atoms with van der Waals surface area (Å²) in [6, 6.07) is 8.99. The third kappa shape index (κ3) is 3.63. The molecule has 1 aromatic carbocycles. The molecular weight excluding hydrogens is 230 g/mol. The number of para-hydroxylation sites is 1. The maximum absolute atomic E-state index is 11.6. The Hall–Kier alpha value is -2.28. The molecule has 0 atom stereocenters. The van der Waals surface area contributed by atoms with Crippen LogP contribution in [0.15, 0.2) is 29.8 Å². The normalized spacial score (nSPS) is 10.6. The highest BCUT2D eigenvalue weighted by Gasteiger charge is 2.11. The molecule has 0 aromatic heterocycles. The summed E-state index contributed by atoms with van der Waals surface area (Å²) in [5, 5.41) is 8.96. The van der Waals surface area contributed by atoms with Crippen LogP contribution < -0.4 is 4.74 Å². The number of hydrogen-bond acceptors (Lipinski definition) is 4. The van der Waals surface area contributed by atoms with Crippen molar-refractivity contribution < 1.29 is 14.3 Å². The first-order chi connectivity index (χ1) is 8.72. The van der Waals surface area contributed by atoms with E-state index in [4.69, 9.17) is 14.7 Å². The van der Waals surface area contributed by atoms with Crippen molar-refractivity contribution in [1.29, 1.82) is 5.26 Å². The second kappa shape index (κ2) is 7.13. The first-order valence-electron chi connectivity index (χ1n) is 5.64. The molecule has 1 aromatic rings. The molecule has 0 aliphatic rings. The van der Waals surface area contributed by atoms with E-state index in [-0.39, 0.29) is 5.57 Å². The van der Waals surface area contributed by atoms with Crippen molar-refractivity contribution in [3.05, 3.63) is 35.4 Å². The van der Waals surface area contributed by atoms with Gasteiger partial charge in [-0.05, 0) is 18.6 Å². The summed E-state index contributed by atoms with van der Waals surface area (Å²) in [6.07, 6.45) is 2.19. The highest BCUT2D eigenvalue weighted by atomic mass is 16.5. The zero-order chi connectivity index (χ0) is 13.4. The number of methoxy groups -OCH3 is 1. The third-order valence-corrected chi connectivity index (χ3v) is 2.22. The van der Waals surface area contributed by atoms with E-state index in [1.807, 2.05) is 19.1 Å². The summed E-state index contributed by atoms with van der Waals surface area (Å²) in [5.74, 6) is -0.00111. The maximum Gasteiger partial charge on any atom is 0.348 e. The van der Waals surface area contributed by atoms with Crippen LogP contribution in [0, 0.1) is 11.3 Å². The number of carbonyl (C=O) groups excluding carboxylic acids is 1. The lowest BCUT2D eigenvalue weighted by Gasteiger charge is -2.05. The van der Waals surface area contributed by atoms with Crippen molar-refractivity contribution >= 4 is 12.0 Å². The Balaban J connectivity index is 2.97. The minimum absolute atomic E-state index is 0.0343. The molecule has 4 nitrogen and oxygen atoms in total. The van der Waals surface area contributed by atoms with Gasteiger partial charge in [-0.2, -0.15) is 5.26 Å². The van der Waals surface area contributed by atoms with Gasteiger partial charge in [0.1, 0.15) is 17.4 Å². The average molecular weight is 245 g/mol. The molecule has 1 rings (SSSR count). The van der Waals surface area contributed by atoms with Crippen LogP contribution in [0.5, 0.6) is 5.75 Å². The molecule has 0 N–H and O–H groups in total. The van der Waals surface area contributed by atoms with E-state index in [0.717, 1.165) is 6.42 Å². The molecule has 0 aliphatic heterocycles. The quantitative estimate of drug-likeness (QED) is 0.454. The molecule has 0 aliphatic carbocycles. The molecule has 0 fully saturated rings. The maximum atomic E-state index is 11.6. The fourth-order valence-corrected chi connectivity index (χ4v) is 1.35. The van der Waals surface area contributed by atoms with E-state index in [9.17, 15) is 4.79 Å². The standard InChI is InChI=1S/C14H15NO3/c1-3-8-18-14(16)12(10-15)9-11-6-4-5-7-13(11)17-2/h4-7,9H,3,8H2,1-2H3/b12-9+. The van der Waals surface area contributed by atoms with Crippen LogP contribution in [0.3, 0.4) is 0 Å². The van der Waals surface area contributed by atoms with Crippen molar-refractivity contribution in [2.75, 3.05) is 13.7 Å². The lowest BCUT2D eigenvalue weighted by molar-refractivity contribution is -0.138. The molecular formula is C14H15NO3. The molecule has 94 valence electrons. The van der Waals surface area contributed by atoms with Crippen molar-refractivity contribution in [2.24, 2.45) is 0 Å². The van der Waals surface area contributed by atoms with E-state index < -0.39 is 5.97 Å². The molecule has 0 unspecified atom stereocenters. The fraction of sp³-hybridized carbons (Fsp3) is 0.286. The Morgan fingerprint density at radius 2 is 2.17 bits per heavy atom. The van der Waals surface area contributed by atoms with Crippen LogP contribution in [0.25, 0.3) is 6.08 Å². The van der Waals surface area contributed by atoms with Gasteiger partial charge in [0.25, 0.3) is 0 Å². The molecule has 0 saturated heterocycles. The van der Waals surface area contributed by atoms with E-state index in [0.29, 0.717) is 17.9 Å². The lowest BCUT2D eigenvalue weighted by Crippen LogP contribution is -2.07. The number of rotatable bonds is 5. The van der Waals surface area contributed by atoms with Crippen LogP contribution in [0.2, 0.25) is 0 Å². The molecule has 0 heterocycles. The summed E-state index contributed by atoms with van der Waals surface area (Å²) in [5.41, 5.74) is 0.637. The van der Waals surface area contributed by atoms with E-state index in [1.54, 1.807) is 18.2 Å². The van der Waals surface area contributed by atoms with E-state index in [1.165, 1.54) is 13.2 Å². The largest absolute Gasteiger partial charge is 0.496 e. The highest BCUT2D eigenvalue weighted by Crippen LogP contribution is 2.20. The zero-order valence-electron chi connectivity index (χ0n) is 10.5. The van der Waals surface area contributed by atoms with Crippen molar-refractivity contribution in [2.45, 2.75) is 13.3 Å².